The Morgan fingerprint density at radius 2 is 1.71 bits per heavy atom. The second-order valence-electron chi connectivity index (χ2n) is 3.12. The molecular formula is C11H9NO2. The van der Waals surface area contributed by atoms with Gasteiger partial charge in [0.1, 0.15) is 0 Å². The number of aromatic nitrogens is 1. The molecule has 14 heavy (non-hydrogen) atoms. The zero-order chi connectivity index (χ0) is 10.1. The fourth-order valence-electron chi connectivity index (χ4n) is 1.39. The van der Waals surface area contributed by atoms with Gasteiger partial charge in [-0.25, -0.2) is 0 Å². The van der Waals surface area contributed by atoms with Crippen LogP contribution in [0.2, 0.25) is 0 Å². The molecule has 0 fully saturated rings. The van der Waals surface area contributed by atoms with Crippen molar-refractivity contribution in [2.75, 3.05) is 0 Å². The summed E-state index contributed by atoms with van der Waals surface area (Å²) in [5.74, 6) is 0. The summed E-state index contributed by atoms with van der Waals surface area (Å²) >= 11 is 0. The van der Waals surface area contributed by atoms with Gasteiger partial charge in [-0.1, -0.05) is 18.2 Å². The zero-order valence-electron chi connectivity index (χ0n) is 7.73. The average molecular weight is 187 g/mol. The van der Waals surface area contributed by atoms with Crippen LogP contribution in [0.5, 0.6) is 0 Å². The molecule has 0 unspecified atom stereocenters. The third-order valence-electron chi connectivity index (χ3n) is 2.23. The Balaban J connectivity index is 3.16. The summed E-state index contributed by atoms with van der Waals surface area (Å²) in [5.41, 5.74) is -0.540. The molecule has 0 radical (unpaired) electrons. The minimum atomic E-state index is -0.286. The number of nitrogens with zero attached hydrogens (tertiary/aromatic N) is 1. The van der Waals surface area contributed by atoms with E-state index >= 15 is 0 Å². The van der Waals surface area contributed by atoms with E-state index in [0.29, 0.717) is 5.39 Å². The second-order valence-corrected chi connectivity index (χ2v) is 3.12. The molecule has 3 nitrogen and oxygen atoms in total. The van der Waals surface area contributed by atoms with E-state index in [2.05, 4.69) is 0 Å². The van der Waals surface area contributed by atoms with Crippen molar-refractivity contribution in [1.82, 2.24) is 4.57 Å². The van der Waals surface area contributed by atoms with Gasteiger partial charge in [0.15, 0.2) is 0 Å². The summed E-state index contributed by atoms with van der Waals surface area (Å²) in [6.45, 7) is 0. The number of benzene rings is 1. The summed E-state index contributed by atoms with van der Waals surface area (Å²) in [4.78, 5) is 23.0. The van der Waals surface area contributed by atoms with Crippen LogP contribution in [0.3, 0.4) is 0 Å². The quantitative estimate of drug-likeness (QED) is 0.614. The van der Waals surface area contributed by atoms with Gasteiger partial charge in [-0.2, -0.15) is 0 Å². The molecule has 0 aliphatic rings. The Morgan fingerprint density at radius 3 is 2.50 bits per heavy atom. The average Bonchev–Trinajstić information content (AvgIpc) is 2.32. The number of hydrogen-bond acceptors (Lipinski definition) is 2. The van der Waals surface area contributed by atoms with Crippen molar-refractivity contribution in [3.05, 3.63) is 57.1 Å². The van der Waals surface area contributed by atoms with E-state index in [1.54, 1.807) is 18.2 Å². The molecule has 1 heterocycles. The lowest BCUT2D eigenvalue weighted by Crippen LogP contribution is -2.25. The molecule has 0 saturated carbocycles. The van der Waals surface area contributed by atoms with Gasteiger partial charge >= 0.3 is 0 Å². The van der Waals surface area contributed by atoms with Crippen LogP contribution in [0.4, 0.5) is 0 Å². The first-order chi connectivity index (χ1) is 6.70. The van der Waals surface area contributed by atoms with Gasteiger partial charge in [0.25, 0.3) is 11.1 Å². The maximum Gasteiger partial charge on any atom is 0.261 e. The summed E-state index contributed by atoms with van der Waals surface area (Å²) in [6.07, 6.45) is 0. The smallest absolute Gasteiger partial charge is 0.261 e. The van der Waals surface area contributed by atoms with Crippen molar-refractivity contribution in [1.29, 1.82) is 0 Å². The van der Waals surface area contributed by atoms with Crippen molar-refractivity contribution >= 4 is 10.8 Å². The minimum absolute atomic E-state index is 0.254. The van der Waals surface area contributed by atoms with Gasteiger partial charge in [0.05, 0.1) is 0 Å². The maximum atomic E-state index is 11.7. The molecule has 0 aliphatic heterocycles. The molecule has 3 heteroatoms. The van der Waals surface area contributed by atoms with Crippen LogP contribution < -0.4 is 11.1 Å². The van der Waals surface area contributed by atoms with Crippen LogP contribution in [-0.2, 0) is 7.05 Å². The lowest BCUT2D eigenvalue weighted by atomic mass is 10.2. The molecule has 1 aromatic carbocycles. The highest BCUT2D eigenvalue weighted by Gasteiger charge is 1.98. The third-order valence-corrected chi connectivity index (χ3v) is 2.23. The van der Waals surface area contributed by atoms with Crippen molar-refractivity contribution in [2.45, 2.75) is 0 Å². The van der Waals surface area contributed by atoms with Crippen molar-refractivity contribution < 1.29 is 0 Å². The fourth-order valence-corrected chi connectivity index (χ4v) is 1.39. The van der Waals surface area contributed by atoms with Gasteiger partial charge in [-0.05, 0) is 17.5 Å². The Bertz CT molecular complexity index is 599. The van der Waals surface area contributed by atoms with E-state index < -0.39 is 0 Å². The number of rotatable bonds is 0. The van der Waals surface area contributed by atoms with Gasteiger partial charge in [-0.15, -0.1) is 0 Å². The Labute approximate surface area is 80.2 Å². The summed E-state index contributed by atoms with van der Waals surface area (Å²) in [5, 5.41) is 1.35. The normalized spacial score (nSPS) is 10.4. The van der Waals surface area contributed by atoms with Gasteiger partial charge in [-0.3, -0.25) is 14.2 Å². The Kier molecular flexibility index (Phi) is 1.93. The van der Waals surface area contributed by atoms with Gasteiger partial charge < -0.3 is 0 Å². The predicted octanol–water partition coefficient (Wildman–Crippen LogP) is 0.899. The molecule has 0 bridgehead atoms. The summed E-state index contributed by atoms with van der Waals surface area (Å²) in [7, 11) is 1.48. The summed E-state index contributed by atoms with van der Waals surface area (Å²) in [6, 6.07) is 10.2. The van der Waals surface area contributed by atoms with E-state index in [-0.39, 0.29) is 11.1 Å². The van der Waals surface area contributed by atoms with Crippen LogP contribution in [0.15, 0.2) is 46.0 Å². The molecule has 70 valence electrons. The molecule has 0 atom stereocenters. The molecule has 0 saturated heterocycles. The molecule has 0 aliphatic carbocycles. The molecule has 2 aromatic rings. The Hall–Kier alpha value is -1.90. The fraction of sp³-hybridized carbons (Fsp3) is 0.0909. The Morgan fingerprint density at radius 1 is 1.00 bits per heavy atom. The lowest BCUT2D eigenvalue weighted by molar-refractivity contribution is 0.838. The van der Waals surface area contributed by atoms with Gasteiger partial charge in [0, 0.05) is 18.5 Å². The van der Waals surface area contributed by atoms with Crippen molar-refractivity contribution in [2.24, 2.45) is 7.05 Å². The standard InChI is InChI=1S/C11H9NO2/c1-12-10(13)7-6-8-4-2-3-5-9(8)11(12)14/h2-7H,1H3. The zero-order valence-corrected chi connectivity index (χ0v) is 7.73. The maximum absolute atomic E-state index is 11.7. The third kappa shape index (κ3) is 1.23. The van der Waals surface area contributed by atoms with E-state index in [9.17, 15) is 9.59 Å². The highest BCUT2D eigenvalue weighted by atomic mass is 16.2. The highest BCUT2D eigenvalue weighted by Crippen LogP contribution is 2.05. The molecular weight excluding hydrogens is 178 g/mol. The highest BCUT2D eigenvalue weighted by molar-refractivity contribution is 5.80. The first kappa shape index (κ1) is 8.69. The predicted molar refractivity (Wildman–Crippen MR) is 55.5 cm³/mol. The van der Waals surface area contributed by atoms with Crippen LogP contribution >= 0.6 is 0 Å². The van der Waals surface area contributed by atoms with Crippen LogP contribution in [0.1, 0.15) is 0 Å². The molecule has 0 spiro atoms. The SMILES string of the molecule is Cn1c(=O)ccc2ccccc2c1=O. The van der Waals surface area contributed by atoms with Crippen molar-refractivity contribution in [3.63, 3.8) is 0 Å². The monoisotopic (exact) mass is 187 g/mol. The van der Waals surface area contributed by atoms with Crippen LogP contribution in [0, 0.1) is 0 Å². The van der Waals surface area contributed by atoms with Gasteiger partial charge in [0.2, 0.25) is 0 Å². The van der Waals surface area contributed by atoms with E-state index in [1.807, 2.05) is 12.1 Å². The summed E-state index contributed by atoms with van der Waals surface area (Å²) < 4.78 is 1.11. The molecule has 2 rings (SSSR count). The van der Waals surface area contributed by atoms with E-state index in [4.69, 9.17) is 0 Å². The second kappa shape index (κ2) is 3.10. The lowest BCUT2D eigenvalue weighted by Gasteiger charge is -1.90. The first-order valence-corrected chi connectivity index (χ1v) is 4.29. The first-order valence-electron chi connectivity index (χ1n) is 4.29. The number of fused-ring (bicyclic) bond motifs is 1. The van der Waals surface area contributed by atoms with Crippen molar-refractivity contribution in [3.8, 4) is 0 Å². The molecule has 1 aromatic heterocycles. The van der Waals surface area contributed by atoms with Crippen LogP contribution in [-0.4, -0.2) is 4.57 Å². The molecule has 0 amide bonds. The van der Waals surface area contributed by atoms with E-state index in [0.717, 1.165) is 9.95 Å². The number of hydrogen-bond donors (Lipinski definition) is 0. The topological polar surface area (TPSA) is 39.1 Å². The van der Waals surface area contributed by atoms with E-state index in [1.165, 1.54) is 13.1 Å². The largest absolute Gasteiger partial charge is 0.278 e. The van der Waals surface area contributed by atoms with Crippen LogP contribution in [0.25, 0.3) is 10.8 Å². The minimum Gasteiger partial charge on any atom is -0.278 e. The molecule has 0 N–H and O–H groups in total.